The van der Waals surface area contributed by atoms with Gasteiger partial charge in [0.1, 0.15) is 12.4 Å². The van der Waals surface area contributed by atoms with Gasteiger partial charge in [0.25, 0.3) is 5.91 Å². The van der Waals surface area contributed by atoms with Crippen molar-refractivity contribution in [3.8, 4) is 17.2 Å². The Morgan fingerprint density at radius 1 is 1.07 bits per heavy atom. The third-order valence-corrected chi connectivity index (χ3v) is 4.63. The fourth-order valence-corrected chi connectivity index (χ4v) is 2.89. The highest BCUT2D eigenvalue weighted by molar-refractivity contribution is 9.10. The van der Waals surface area contributed by atoms with Crippen LogP contribution in [0.15, 0.2) is 76.3 Å². The Kier molecular flexibility index (Phi) is 7.45. The van der Waals surface area contributed by atoms with Gasteiger partial charge in [0.05, 0.1) is 18.4 Å². The maximum atomic E-state index is 12.1. The van der Waals surface area contributed by atoms with E-state index in [0.29, 0.717) is 24.7 Å². The van der Waals surface area contributed by atoms with Crippen LogP contribution in [0.25, 0.3) is 0 Å². The lowest BCUT2D eigenvalue weighted by Gasteiger charge is -2.12. The molecule has 0 fully saturated rings. The second-order valence-corrected chi connectivity index (χ2v) is 7.19. The molecule has 3 aromatic carbocycles. The zero-order chi connectivity index (χ0) is 21.3. The summed E-state index contributed by atoms with van der Waals surface area (Å²) in [7, 11) is 0. The van der Waals surface area contributed by atoms with E-state index in [4.69, 9.17) is 9.47 Å². The molecule has 3 rings (SSSR count). The highest BCUT2D eigenvalue weighted by Gasteiger charge is 2.09. The van der Waals surface area contributed by atoms with Crippen molar-refractivity contribution in [1.82, 2.24) is 5.43 Å². The molecule has 0 aliphatic carbocycles. The summed E-state index contributed by atoms with van der Waals surface area (Å²) in [4.78, 5) is 12.1. The second-order valence-electron chi connectivity index (χ2n) is 6.27. The fraction of sp³-hybridized carbons (Fsp3) is 0.130. The molecule has 0 unspecified atom stereocenters. The lowest BCUT2D eigenvalue weighted by Crippen LogP contribution is -2.17. The number of hydrogen-bond acceptors (Lipinski definition) is 5. The smallest absolute Gasteiger partial charge is 0.275 e. The van der Waals surface area contributed by atoms with Gasteiger partial charge in [-0.05, 0) is 60.5 Å². The maximum absolute atomic E-state index is 12.1. The van der Waals surface area contributed by atoms with Crippen LogP contribution in [0.4, 0.5) is 0 Å². The second kappa shape index (κ2) is 10.5. The molecular formula is C23H21BrN2O4. The number of phenols is 1. The number of nitrogens with one attached hydrogen (secondary N) is 1. The quantitative estimate of drug-likeness (QED) is 0.364. The number of hydrazone groups is 1. The van der Waals surface area contributed by atoms with Crippen LogP contribution in [-0.4, -0.2) is 23.8 Å². The van der Waals surface area contributed by atoms with Gasteiger partial charge < -0.3 is 14.6 Å². The SMILES string of the molecule is CCOc1cc(/C=N\NC(=O)c2ccccc2O)ccc1OCc1ccc(Br)cc1. The minimum Gasteiger partial charge on any atom is -0.507 e. The third-order valence-electron chi connectivity index (χ3n) is 4.10. The summed E-state index contributed by atoms with van der Waals surface area (Å²) in [5.74, 6) is 0.612. The van der Waals surface area contributed by atoms with Crippen LogP contribution in [0.1, 0.15) is 28.4 Å². The lowest BCUT2D eigenvalue weighted by molar-refractivity contribution is 0.0952. The maximum Gasteiger partial charge on any atom is 0.275 e. The number of phenolic OH excluding ortho intramolecular Hbond substituents is 1. The van der Waals surface area contributed by atoms with E-state index in [1.54, 1.807) is 24.3 Å². The molecule has 0 atom stereocenters. The number of para-hydroxylation sites is 1. The van der Waals surface area contributed by atoms with Crippen molar-refractivity contribution < 1.29 is 19.4 Å². The predicted molar refractivity (Wildman–Crippen MR) is 119 cm³/mol. The molecule has 1 amide bonds. The number of ether oxygens (including phenoxy) is 2. The molecule has 3 aromatic rings. The Bertz CT molecular complexity index is 1040. The Morgan fingerprint density at radius 2 is 1.83 bits per heavy atom. The first-order chi connectivity index (χ1) is 14.6. The number of aromatic hydroxyl groups is 1. The monoisotopic (exact) mass is 468 g/mol. The first-order valence-electron chi connectivity index (χ1n) is 9.32. The van der Waals surface area contributed by atoms with E-state index in [2.05, 4.69) is 26.5 Å². The van der Waals surface area contributed by atoms with E-state index in [-0.39, 0.29) is 11.3 Å². The number of nitrogens with zero attached hydrogens (tertiary/aromatic N) is 1. The van der Waals surface area contributed by atoms with E-state index >= 15 is 0 Å². The normalized spacial score (nSPS) is 10.7. The van der Waals surface area contributed by atoms with Crippen molar-refractivity contribution in [3.63, 3.8) is 0 Å². The molecule has 0 aliphatic heterocycles. The topological polar surface area (TPSA) is 80.2 Å². The number of halogens is 1. The van der Waals surface area contributed by atoms with Gasteiger partial charge in [-0.1, -0.05) is 40.2 Å². The van der Waals surface area contributed by atoms with Gasteiger partial charge in [-0.25, -0.2) is 5.43 Å². The summed E-state index contributed by atoms with van der Waals surface area (Å²) in [6.07, 6.45) is 1.50. The summed E-state index contributed by atoms with van der Waals surface area (Å²) in [6, 6.07) is 19.6. The van der Waals surface area contributed by atoms with E-state index in [0.717, 1.165) is 15.6 Å². The number of carbonyl (C=O) groups is 1. The molecule has 30 heavy (non-hydrogen) atoms. The molecule has 0 aromatic heterocycles. The van der Waals surface area contributed by atoms with E-state index in [1.165, 1.54) is 18.3 Å². The summed E-state index contributed by atoms with van der Waals surface area (Å²) in [5, 5.41) is 13.7. The standard InChI is InChI=1S/C23H21BrN2O4/c1-2-29-22-13-17(14-25-26-23(28)19-5-3-4-6-20(19)27)9-12-21(22)30-15-16-7-10-18(24)11-8-16/h3-14,27H,2,15H2,1H3,(H,26,28)/b25-14-. The van der Waals surface area contributed by atoms with Crippen LogP contribution in [0.5, 0.6) is 17.2 Å². The van der Waals surface area contributed by atoms with Gasteiger partial charge in [-0.2, -0.15) is 5.10 Å². The number of carbonyl (C=O) groups excluding carboxylic acids is 1. The van der Waals surface area contributed by atoms with E-state index < -0.39 is 5.91 Å². The van der Waals surface area contributed by atoms with E-state index in [1.807, 2.05) is 37.3 Å². The minimum atomic E-state index is -0.496. The third kappa shape index (κ3) is 5.84. The van der Waals surface area contributed by atoms with Crippen molar-refractivity contribution >= 4 is 28.1 Å². The molecular weight excluding hydrogens is 448 g/mol. The molecule has 6 nitrogen and oxygen atoms in total. The molecule has 0 aliphatic rings. The highest BCUT2D eigenvalue weighted by atomic mass is 79.9. The Labute approximate surface area is 183 Å². The van der Waals surface area contributed by atoms with Crippen molar-refractivity contribution in [1.29, 1.82) is 0 Å². The average molecular weight is 469 g/mol. The highest BCUT2D eigenvalue weighted by Crippen LogP contribution is 2.29. The van der Waals surface area contributed by atoms with Crippen molar-refractivity contribution in [2.24, 2.45) is 5.10 Å². The van der Waals surface area contributed by atoms with Crippen LogP contribution >= 0.6 is 15.9 Å². The first-order valence-corrected chi connectivity index (χ1v) is 10.1. The summed E-state index contributed by atoms with van der Waals surface area (Å²) >= 11 is 3.42. The lowest BCUT2D eigenvalue weighted by atomic mass is 10.2. The van der Waals surface area contributed by atoms with Crippen LogP contribution in [0, 0.1) is 0 Å². The van der Waals surface area contributed by atoms with Crippen LogP contribution in [0.2, 0.25) is 0 Å². The minimum absolute atomic E-state index is 0.101. The van der Waals surface area contributed by atoms with E-state index in [9.17, 15) is 9.90 Å². The molecule has 0 heterocycles. The van der Waals surface area contributed by atoms with Gasteiger partial charge in [0, 0.05) is 4.47 Å². The molecule has 0 saturated carbocycles. The van der Waals surface area contributed by atoms with Gasteiger partial charge in [-0.15, -0.1) is 0 Å². The number of hydrogen-bond donors (Lipinski definition) is 2. The fourth-order valence-electron chi connectivity index (χ4n) is 2.63. The molecule has 0 radical (unpaired) electrons. The summed E-state index contributed by atoms with van der Waals surface area (Å²) < 4.78 is 12.6. The zero-order valence-corrected chi connectivity index (χ0v) is 17.9. The number of amides is 1. The van der Waals surface area contributed by atoms with Gasteiger partial charge in [0.15, 0.2) is 11.5 Å². The van der Waals surface area contributed by atoms with Crippen molar-refractivity contribution in [3.05, 3.63) is 87.9 Å². The first kappa shape index (κ1) is 21.4. The van der Waals surface area contributed by atoms with Crippen LogP contribution in [0.3, 0.4) is 0 Å². The molecule has 0 bridgehead atoms. The molecule has 7 heteroatoms. The zero-order valence-electron chi connectivity index (χ0n) is 16.3. The Hall–Kier alpha value is -3.32. The van der Waals surface area contributed by atoms with Crippen molar-refractivity contribution in [2.75, 3.05) is 6.61 Å². The van der Waals surface area contributed by atoms with Crippen molar-refractivity contribution in [2.45, 2.75) is 13.5 Å². The number of benzene rings is 3. The summed E-state index contributed by atoms with van der Waals surface area (Å²) in [5.41, 5.74) is 4.32. The Balaban J connectivity index is 1.66. The molecule has 2 N–H and O–H groups in total. The van der Waals surface area contributed by atoms with Gasteiger partial charge in [0.2, 0.25) is 0 Å². The summed E-state index contributed by atoms with van der Waals surface area (Å²) in [6.45, 7) is 2.79. The average Bonchev–Trinajstić information content (AvgIpc) is 2.75. The number of rotatable bonds is 8. The largest absolute Gasteiger partial charge is 0.507 e. The Morgan fingerprint density at radius 3 is 2.57 bits per heavy atom. The molecule has 0 spiro atoms. The van der Waals surface area contributed by atoms with Gasteiger partial charge >= 0.3 is 0 Å². The molecule has 0 saturated heterocycles. The van der Waals surface area contributed by atoms with Crippen LogP contribution in [-0.2, 0) is 6.61 Å². The predicted octanol–water partition coefficient (Wildman–Crippen LogP) is 4.90. The van der Waals surface area contributed by atoms with Gasteiger partial charge in [-0.3, -0.25) is 4.79 Å². The molecule has 154 valence electrons. The van der Waals surface area contributed by atoms with Crippen LogP contribution < -0.4 is 14.9 Å².